The smallest absolute Gasteiger partial charge is 0.304 e. The molecule has 11 heteroatoms. The summed E-state index contributed by atoms with van der Waals surface area (Å²) in [5.41, 5.74) is 1.47. The molecule has 1 unspecified atom stereocenters. The molecule has 1 saturated carbocycles. The maximum absolute atomic E-state index is 13.7. The van der Waals surface area contributed by atoms with Crippen molar-refractivity contribution in [3.63, 3.8) is 0 Å². The van der Waals surface area contributed by atoms with Crippen molar-refractivity contribution in [1.29, 1.82) is 5.26 Å². The minimum atomic E-state index is -3.13. The molecule has 1 amide bonds. The monoisotopic (exact) mass is 653 g/mol. The van der Waals surface area contributed by atoms with Gasteiger partial charge in [-0.1, -0.05) is 66.5 Å². The molecule has 230 valence electrons. The molecule has 8 nitrogen and oxygen atoms in total. The second-order valence-corrected chi connectivity index (χ2v) is 13.9. The molecule has 2 fully saturated rings. The number of amides is 1. The molecule has 2 N–H and O–H groups in total. The van der Waals surface area contributed by atoms with Crippen molar-refractivity contribution in [2.75, 3.05) is 0 Å². The third-order valence-corrected chi connectivity index (χ3v) is 10.2. The molecule has 5 atom stereocenters. The first kappa shape index (κ1) is 32.0. The molecule has 0 bridgehead atoms. The predicted molar refractivity (Wildman–Crippen MR) is 169 cm³/mol. The minimum absolute atomic E-state index is 0.0178. The van der Waals surface area contributed by atoms with Gasteiger partial charge >= 0.3 is 5.97 Å². The highest BCUT2D eigenvalue weighted by Crippen LogP contribution is 2.53. The van der Waals surface area contributed by atoms with Crippen molar-refractivity contribution in [1.82, 2.24) is 9.62 Å². The number of thiol groups is 1. The van der Waals surface area contributed by atoms with Crippen LogP contribution in [0.1, 0.15) is 66.8 Å². The topological polar surface area (TPSA) is 128 Å². The summed E-state index contributed by atoms with van der Waals surface area (Å²) in [5.74, 6) is -2.06. The second kappa shape index (κ2) is 13.3. The fraction of sp³-hybridized carbons (Fsp3) is 0.364. The fourth-order valence-corrected chi connectivity index (χ4v) is 7.80. The van der Waals surface area contributed by atoms with Gasteiger partial charge in [0.15, 0.2) is 0 Å². The van der Waals surface area contributed by atoms with E-state index in [4.69, 9.17) is 23.2 Å². The summed E-state index contributed by atoms with van der Waals surface area (Å²) in [6, 6.07) is 22.1. The highest BCUT2D eigenvalue weighted by atomic mass is 35.5. The number of piperidine rings is 1. The van der Waals surface area contributed by atoms with Gasteiger partial charge in [0.25, 0.3) is 0 Å². The number of aliphatic carboxylic acids is 1. The Balaban J connectivity index is 1.66. The van der Waals surface area contributed by atoms with Gasteiger partial charge in [-0.2, -0.15) is 9.57 Å². The lowest BCUT2D eigenvalue weighted by molar-refractivity contribution is -0.148. The number of hydrogen-bond donors (Lipinski definition) is 3. The molecule has 1 aliphatic carbocycles. The lowest BCUT2D eigenvalue weighted by atomic mass is 9.65. The number of nitriles is 1. The average Bonchev–Trinajstić information content (AvgIpc) is 3.82. The van der Waals surface area contributed by atoms with Crippen molar-refractivity contribution < 1.29 is 23.1 Å². The first-order chi connectivity index (χ1) is 21.0. The fourth-order valence-electron chi connectivity index (χ4n) is 6.71. The van der Waals surface area contributed by atoms with E-state index in [1.165, 1.54) is 4.31 Å². The van der Waals surface area contributed by atoms with Crippen molar-refractivity contribution in [2.45, 2.75) is 57.2 Å². The van der Waals surface area contributed by atoms with Gasteiger partial charge in [-0.3, -0.25) is 9.59 Å². The van der Waals surface area contributed by atoms with E-state index in [-0.39, 0.29) is 43.0 Å². The summed E-state index contributed by atoms with van der Waals surface area (Å²) in [6.07, 6.45) is 1.61. The van der Waals surface area contributed by atoms with Gasteiger partial charge in [-0.15, -0.1) is 0 Å². The Hall–Kier alpha value is -3.42. The SMILES string of the molecule is C[C@@]1(CC(=O)O)C[C@H](c2cccc(Cl)c2)[C@@H](C(C2CC2)[C@@H](c2ccc(Cl)cc2)N(Cc2cccc(C#N)c2)[SH](=O)=O)NC1=O. The zero-order chi connectivity index (χ0) is 31.6. The minimum Gasteiger partial charge on any atom is -0.481 e. The normalized spacial score (nSPS) is 23.1. The van der Waals surface area contributed by atoms with Crippen molar-refractivity contribution in [3.05, 3.63) is 105 Å². The number of nitrogens with one attached hydrogen (secondary N) is 1. The Labute approximate surface area is 268 Å². The molecule has 5 rings (SSSR count). The maximum atomic E-state index is 13.7. The zero-order valence-electron chi connectivity index (χ0n) is 24.0. The van der Waals surface area contributed by atoms with Gasteiger partial charge in [0.05, 0.1) is 29.5 Å². The molecular formula is C33H33Cl2N3O5S. The van der Waals surface area contributed by atoms with Crippen molar-refractivity contribution in [2.24, 2.45) is 17.3 Å². The van der Waals surface area contributed by atoms with Gasteiger partial charge in [0, 0.05) is 34.5 Å². The van der Waals surface area contributed by atoms with E-state index in [1.807, 2.05) is 30.3 Å². The molecule has 1 heterocycles. The van der Waals surface area contributed by atoms with E-state index in [9.17, 15) is 28.4 Å². The summed E-state index contributed by atoms with van der Waals surface area (Å²) < 4.78 is 27.7. The number of benzene rings is 3. The van der Waals surface area contributed by atoms with Crippen molar-refractivity contribution >= 4 is 46.0 Å². The van der Waals surface area contributed by atoms with Crippen LogP contribution in [0.5, 0.6) is 0 Å². The molecule has 0 aromatic heterocycles. The third-order valence-electron chi connectivity index (χ3n) is 8.86. The van der Waals surface area contributed by atoms with Gasteiger partial charge in [-0.25, -0.2) is 8.42 Å². The van der Waals surface area contributed by atoms with Gasteiger partial charge in [0.2, 0.25) is 16.8 Å². The lowest BCUT2D eigenvalue weighted by Crippen LogP contribution is -2.58. The average molecular weight is 655 g/mol. The molecule has 3 aromatic rings. The molecule has 44 heavy (non-hydrogen) atoms. The van der Waals surface area contributed by atoms with E-state index in [0.29, 0.717) is 21.2 Å². The van der Waals surface area contributed by atoms with Crippen LogP contribution in [0.4, 0.5) is 0 Å². The number of carboxylic acid groups (broad SMARTS) is 1. The van der Waals surface area contributed by atoms with Crippen LogP contribution < -0.4 is 5.32 Å². The van der Waals surface area contributed by atoms with Crippen LogP contribution in [-0.2, 0) is 27.0 Å². The second-order valence-electron chi connectivity index (χ2n) is 12.1. The number of hydrogen-bond acceptors (Lipinski definition) is 5. The number of carbonyl (C=O) groups is 2. The summed E-state index contributed by atoms with van der Waals surface area (Å²) in [4.78, 5) is 25.6. The van der Waals surface area contributed by atoms with Gasteiger partial charge < -0.3 is 10.4 Å². The maximum Gasteiger partial charge on any atom is 0.304 e. The van der Waals surface area contributed by atoms with Crippen LogP contribution in [0.25, 0.3) is 0 Å². The first-order valence-electron chi connectivity index (χ1n) is 14.4. The summed E-state index contributed by atoms with van der Waals surface area (Å²) in [5, 5.41) is 23.4. The summed E-state index contributed by atoms with van der Waals surface area (Å²) in [7, 11) is -3.13. The van der Waals surface area contributed by atoms with Gasteiger partial charge in [0.1, 0.15) is 0 Å². The molecule has 1 saturated heterocycles. The number of carboxylic acids is 1. The number of carbonyl (C=O) groups excluding carboxylic acids is 1. The van der Waals surface area contributed by atoms with Crippen LogP contribution in [0.15, 0.2) is 72.8 Å². The number of rotatable bonds is 11. The Morgan fingerprint density at radius 1 is 1.09 bits per heavy atom. The van der Waals surface area contributed by atoms with Gasteiger partial charge in [-0.05, 0) is 78.3 Å². The molecule has 2 aliphatic rings. The van der Waals surface area contributed by atoms with E-state index in [0.717, 1.165) is 24.0 Å². The lowest BCUT2D eigenvalue weighted by Gasteiger charge is -2.48. The van der Waals surface area contributed by atoms with Crippen LogP contribution in [0, 0.1) is 28.6 Å². The van der Waals surface area contributed by atoms with Crippen LogP contribution in [-0.4, -0.2) is 35.7 Å². The largest absolute Gasteiger partial charge is 0.481 e. The van der Waals surface area contributed by atoms with E-state index >= 15 is 0 Å². The van der Waals surface area contributed by atoms with Crippen LogP contribution >= 0.6 is 23.2 Å². The standard InChI is InChI=1S/C33H33Cl2N3O5S/c1-33(17-28(39)40)16-27(24-6-3-7-26(35)15-24)30(37-32(33)41)29(22-8-9-22)31(23-10-12-25(34)13-11-23)38(44(42)43)19-21-5-2-4-20(14-21)18-36/h2-7,10-15,22,27,29-31,44H,8-9,16-17,19H2,1H3,(H,37,41)(H,39,40)/t27-,29?,30+,31-,33+/m1/s1. The van der Waals surface area contributed by atoms with E-state index in [2.05, 4.69) is 11.4 Å². The van der Waals surface area contributed by atoms with Crippen LogP contribution in [0.3, 0.4) is 0 Å². The van der Waals surface area contributed by atoms with Crippen LogP contribution in [0.2, 0.25) is 10.0 Å². The highest BCUT2D eigenvalue weighted by Gasteiger charge is 2.53. The Kier molecular flexibility index (Phi) is 9.66. The molecule has 3 aromatic carbocycles. The molecule has 0 radical (unpaired) electrons. The summed E-state index contributed by atoms with van der Waals surface area (Å²) >= 11 is 12.7. The zero-order valence-corrected chi connectivity index (χ0v) is 26.4. The van der Waals surface area contributed by atoms with E-state index < -0.39 is 34.4 Å². The molecule has 0 spiro atoms. The number of nitrogens with zero attached hydrogens (tertiary/aromatic N) is 2. The Bertz CT molecular complexity index is 1660. The molecular weight excluding hydrogens is 621 g/mol. The highest BCUT2D eigenvalue weighted by molar-refractivity contribution is 7.69. The predicted octanol–water partition coefficient (Wildman–Crippen LogP) is 6.11. The Morgan fingerprint density at radius 2 is 1.80 bits per heavy atom. The Morgan fingerprint density at radius 3 is 2.41 bits per heavy atom. The van der Waals surface area contributed by atoms with Crippen molar-refractivity contribution in [3.8, 4) is 6.07 Å². The van der Waals surface area contributed by atoms with E-state index in [1.54, 1.807) is 49.4 Å². The third kappa shape index (κ3) is 7.10. The first-order valence-corrected chi connectivity index (χ1v) is 16.3. The molecule has 1 aliphatic heterocycles. The quantitative estimate of drug-likeness (QED) is 0.214. The number of halogens is 2. The summed E-state index contributed by atoms with van der Waals surface area (Å²) in [6.45, 7) is 1.68.